The number of rotatable bonds is 6. The number of aromatic nitrogens is 1. The lowest BCUT2D eigenvalue weighted by Crippen LogP contribution is -2.52. The van der Waals surface area contributed by atoms with Crippen LogP contribution in [-0.2, 0) is 20.7 Å². The van der Waals surface area contributed by atoms with Crippen molar-refractivity contribution in [3.63, 3.8) is 0 Å². The maximum atomic E-state index is 13.2. The van der Waals surface area contributed by atoms with Gasteiger partial charge in [0, 0.05) is 37.1 Å². The molecule has 0 N–H and O–H groups in total. The molecule has 7 heteroatoms. The molecule has 6 nitrogen and oxygen atoms in total. The first-order chi connectivity index (χ1) is 14.4. The van der Waals surface area contributed by atoms with E-state index in [2.05, 4.69) is 12.1 Å². The van der Waals surface area contributed by atoms with E-state index in [0.29, 0.717) is 43.3 Å². The molecule has 1 saturated heterocycles. The van der Waals surface area contributed by atoms with Crippen molar-refractivity contribution in [3.8, 4) is 11.3 Å². The Kier molecular flexibility index (Phi) is 5.62. The fourth-order valence-electron chi connectivity index (χ4n) is 4.37. The molecule has 4 rings (SSSR count). The van der Waals surface area contributed by atoms with Gasteiger partial charge in [0.2, 0.25) is 5.91 Å². The number of piperidine rings is 1. The summed E-state index contributed by atoms with van der Waals surface area (Å²) < 4.78 is 24.1. The number of nitrogens with zero attached hydrogens (tertiary/aromatic N) is 2. The highest BCUT2D eigenvalue weighted by molar-refractivity contribution is 5.84. The second kappa shape index (κ2) is 8.20. The average Bonchev–Trinajstić information content (AvgIpc) is 3.29. The third-order valence-corrected chi connectivity index (χ3v) is 6.24. The van der Waals surface area contributed by atoms with Crippen molar-refractivity contribution in [2.24, 2.45) is 17.3 Å². The van der Waals surface area contributed by atoms with E-state index in [-0.39, 0.29) is 30.2 Å². The van der Waals surface area contributed by atoms with Crippen LogP contribution in [0.2, 0.25) is 0 Å². The van der Waals surface area contributed by atoms with Gasteiger partial charge in [0.15, 0.2) is 0 Å². The van der Waals surface area contributed by atoms with Crippen molar-refractivity contribution in [1.29, 1.82) is 0 Å². The number of halogens is 1. The van der Waals surface area contributed by atoms with Crippen molar-refractivity contribution in [1.82, 2.24) is 10.1 Å². The zero-order valence-corrected chi connectivity index (χ0v) is 17.4. The smallest absolute Gasteiger partial charge is 0.314 e. The molecule has 30 heavy (non-hydrogen) atoms. The molecular weight excluding hydrogens is 387 g/mol. The summed E-state index contributed by atoms with van der Waals surface area (Å²) in [4.78, 5) is 27.6. The number of hydrogen-bond acceptors (Lipinski definition) is 5. The predicted octanol–water partition coefficient (Wildman–Crippen LogP) is 3.85. The lowest BCUT2D eigenvalue weighted by atomic mass is 9.76. The van der Waals surface area contributed by atoms with Gasteiger partial charge in [-0.25, -0.2) is 4.39 Å². The Balaban J connectivity index is 1.56. The van der Waals surface area contributed by atoms with Crippen LogP contribution >= 0.6 is 0 Å². The number of carbonyl (C=O) groups is 2. The second-order valence-electron chi connectivity index (χ2n) is 8.55. The zero-order valence-electron chi connectivity index (χ0n) is 17.4. The number of hydrogen-bond donors (Lipinski definition) is 0. The fourth-order valence-corrected chi connectivity index (χ4v) is 4.37. The van der Waals surface area contributed by atoms with Crippen molar-refractivity contribution in [3.05, 3.63) is 41.9 Å². The first-order valence-electron chi connectivity index (χ1n) is 10.6. The van der Waals surface area contributed by atoms with Gasteiger partial charge >= 0.3 is 5.97 Å². The molecule has 1 aromatic carbocycles. The zero-order chi connectivity index (χ0) is 21.3. The van der Waals surface area contributed by atoms with Crippen LogP contribution in [-0.4, -0.2) is 41.6 Å². The molecule has 0 spiro atoms. The van der Waals surface area contributed by atoms with Crippen LogP contribution < -0.4 is 0 Å². The van der Waals surface area contributed by atoms with E-state index in [1.165, 1.54) is 12.1 Å². The van der Waals surface area contributed by atoms with E-state index >= 15 is 0 Å². The standard InChI is InChI=1S/C23H27FN2O4/c1-3-29-22(28)23(9-4-10-26(14-23)21(27)19-11-15(19)2)13-18-12-20(25-30-18)16-5-7-17(24)8-6-16/h5-8,12,15,19H,3-4,9-11,13-14H2,1-2H3. The summed E-state index contributed by atoms with van der Waals surface area (Å²) in [6, 6.07) is 7.78. The monoisotopic (exact) mass is 414 g/mol. The number of carbonyl (C=O) groups excluding carboxylic acids is 2. The highest BCUT2D eigenvalue weighted by atomic mass is 19.1. The molecule has 1 aliphatic heterocycles. The van der Waals surface area contributed by atoms with Gasteiger partial charge in [-0.05, 0) is 56.4 Å². The number of esters is 1. The highest BCUT2D eigenvalue weighted by Gasteiger charge is 2.49. The Hall–Kier alpha value is -2.70. The Morgan fingerprint density at radius 1 is 1.33 bits per heavy atom. The normalized spacial score (nSPS) is 25.8. The Morgan fingerprint density at radius 2 is 2.07 bits per heavy atom. The van der Waals surface area contributed by atoms with Crippen LogP contribution in [0.1, 0.15) is 38.9 Å². The van der Waals surface area contributed by atoms with Gasteiger partial charge in [0.1, 0.15) is 17.3 Å². The second-order valence-corrected chi connectivity index (χ2v) is 8.55. The minimum Gasteiger partial charge on any atom is -0.466 e. The number of ether oxygens (including phenoxy) is 1. The van der Waals surface area contributed by atoms with Crippen molar-refractivity contribution in [2.75, 3.05) is 19.7 Å². The first kappa shape index (κ1) is 20.6. The largest absolute Gasteiger partial charge is 0.466 e. The third-order valence-electron chi connectivity index (χ3n) is 6.24. The first-order valence-corrected chi connectivity index (χ1v) is 10.6. The summed E-state index contributed by atoms with van der Waals surface area (Å²) >= 11 is 0. The Bertz CT molecular complexity index is 926. The maximum Gasteiger partial charge on any atom is 0.314 e. The average molecular weight is 414 g/mol. The van der Waals surface area contributed by atoms with Gasteiger partial charge in [0.05, 0.1) is 12.0 Å². The minimum absolute atomic E-state index is 0.0818. The molecule has 3 unspecified atom stereocenters. The molecule has 3 atom stereocenters. The van der Waals surface area contributed by atoms with Crippen LogP contribution in [0.25, 0.3) is 11.3 Å². The van der Waals surface area contributed by atoms with Gasteiger partial charge in [-0.1, -0.05) is 12.1 Å². The summed E-state index contributed by atoms with van der Waals surface area (Å²) in [6.07, 6.45) is 2.60. The molecule has 0 bridgehead atoms. The van der Waals surface area contributed by atoms with Crippen molar-refractivity contribution in [2.45, 2.75) is 39.5 Å². The van der Waals surface area contributed by atoms with Crippen LogP contribution in [0.5, 0.6) is 0 Å². The van der Waals surface area contributed by atoms with Crippen molar-refractivity contribution >= 4 is 11.9 Å². The predicted molar refractivity (Wildman–Crippen MR) is 108 cm³/mol. The van der Waals surface area contributed by atoms with Crippen molar-refractivity contribution < 1.29 is 23.2 Å². The van der Waals surface area contributed by atoms with Crippen LogP contribution in [0.3, 0.4) is 0 Å². The Labute approximate surface area is 175 Å². The number of benzene rings is 1. The maximum absolute atomic E-state index is 13.2. The topological polar surface area (TPSA) is 72.6 Å². The summed E-state index contributed by atoms with van der Waals surface area (Å²) in [5, 5.41) is 4.09. The highest BCUT2D eigenvalue weighted by Crippen LogP contribution is 2.42. The molecule has 1 saturated carbocycles. The molecule has 1 amide bonds. The van der Waals surface area contributed by atoms with E-state index in [4.69, 9.17) is 9.26 Å². The van der Waals surface area contributed by atoms with Gasteiger partial charge in [-0.2, -0.15) is 0 Å². The molecule has 2 aromatic rings. The van der Waals surface area contributed by atoms with Gasteiger partial charge in [-0.3, -0.25) is 9.59 Å². The summed E-state index contributed by atoms with van der Waals surface area (Å²) in [7, 11) is 0. The molecule has 1 aromatic heterocycles. The van der Waals surface area contributed by atoms with Crippen LogP contribution in [0.15, 0.2) is 34.9 Å². The van der Waals surface area contributed by atoms with Crippen LogP contribution in [0.4, 0.5) is 4.39 Å². The molecule has 2 heterocycles. The quantitative estimate of drug-likeness (QED) is 0.672. The fraction of sp³-hybridized carbons (Fsp3) is 0.522. The lowest BCUT2D eigenvalue weighted by Gasteiger charge is -2.40. The van der Waals surface area contributed by atoms with E-state index in [1.807, 2.05) is 4.90 Å². The van der Waals surface area contributed by atoms with Gasteiger partial charge in [-0.15, -0.1) is 0 Å². The molecule has 160 valence electrons. The number of amides is 1. The molecule has 2 fully saturated rings. The molecule has 1 aliphatic carbocycles. The van der Waals surface area contributed by atoms with E-state index in [0.717, 1.165) is 18.4 Å². The third kappa shape index (κ3) is 4.11. The summed E-state index contributed by atoms with van der Waals surface area (Å²) in [6.45, 7) is 5.15. The minimum atomic E-state index is -0.846. The molecule has 2 aliphatic rings. The van der Waals surface area contributed by atoms with Gasteiger partial charge in [0.25, 0.3) is 0 Å². The SMILES string of the molecule is CCOC(=O)C1(Cc2cc(-c3ccc(F)cc3)no2)CCCN(C(=O)C2CC2C)C1. The van der Waals surface area contributed by atoms with E-state index in [9.17, 15) is 14.0 Å². The van der Waals surface area contributed by atoms with E-state index < -0.39 is 5.41 Å². The van der Waals surface area contributed by atoms with Gasteiger partial charge < -0.3 is 14.2 Å². The van der Waals surface area contributed by atoms with Crippen LogP contribution in [0, 0.1) is 23.1 Å². The molecular formula is C23H27FN2O4. The summed E-state index contributed by atoms with van der Waals surface area (Å²) in [5.74, 6) is 0.575. The Morgan fingerprint density at radius 3 is 2.73 bits per heavy atom. The summed E-state index contributed by atoms with van der Waals surface area (Å²) in [5.41, 5.74) is 0.473. The van der Waals surface area contributed by atoms with E-state index in [1.54, 1.807) is 25.1 Å². The lowest BCUT2D eigenvalue weighted by molar-refractivity contribution is -0.161. The molecule has 0 radical (unpaired) electrons. The number of likely N-dealkylation sites (tertiary alicyclic amines) is 1.